The molecule has 2 heterocycles. The predicted octanol–water partition coefficient (Wildman–Crippen LogP) is 5.50. The van der Waals surface area contributed by atoms with E-state index < -0.39 is 47.3 Å². The number of ether oxygens (including phenoxy) is 1. The second-order valence-corrected chi connectivity index (χ2v) is 9.70. The molecule has 5 rings (SSSR count). The molecule has 0 fully saturated rings. The second kappa shape index (κ2) is 11.7. The number of hydrogen-bond donors (Lipinski definition) is 1. The minimum atomic E-state index is -4.69. The van der Waals surface area contributed by atoms with Crippen LogP contribution in [0.3, 0.4) is 0 Å². The molecular weight excluding hydrogens is 568 g/mol. The summed E-state index contributed by atoms with van der Waals surface area (Å²) in [5.41, 5.74) is -0.343. The van der Waals surface area contributed by atoms with Crippen molar-refractivity contribution in [2.75, 3.05) is 18.1 Å². The molecule has 1 aliphatic rings. The Balaban J connectivity index is 1.72. The lowest BCUT2D eigenvalue weighted by molar-refractivity contribution is -0.137. The highest BCUT2D eigenvalue weighted by Gasteiger charge is 2.47. The van der Waals surface area contributed by atoms with Gasteiger partial charge in [-0.1, -0.05) is 36.4 Å². The van der Waals surface area contributed by atoms with Gasteiger partial charge in [-0.2, -0.15) is 18.3 Å². The van der Waals surface area contributed by atoms with Gasteiger partial charge in [-0.25, -0.2) is 13.9 Å². The van der Waals surface area contributed by atoms with E-state index >= 15 is 0 Å². The molecule has 2 atom stereocenters. The highest BCUT2D eigenvalue weighted by atomic mass is 19.4. The second-order valence-electron chi connectivity index (χ2n) is 9.70. The maximum atomic E-state index is 14.2. The van der Waals surface area contributed by atoms with Crippen LogP contribution < -0.4 is 10.2 Å². The number of carbonyl (C=O) groups is 3. The summed E-state index contributed by atoms with van der Waals surface area (Å²) in [7, 11) is 0. The van der Waals surface area contributed by atoms with Crippen molar-refractivity contribution < 1.29 is 36.7 Å². The van der Waals surface area contributed by atoms with E-state index in [9.17, 15) is 31.9 Å². The van der Waals surface area contributed by atoms with E-state index in [0.717, 1.165) is 12.1 Å². The van der Waals surface area contributed by atoms with Crippen LogP contribution in [0.15, 0.2) is 78.9 Å². The SMILES string of the molecule is CCOC(=O)c1nn(-c2ccccc2)c2c1[C@@H](c1ccc(F)cc1)[C@@H](NC(=O)c1cccc(C(F)(F)F)c1)C(=O)N2CC. The molecule has 3 aromatic carbocycles. The van der Waals surface area contributed by atoms with Crippen molar-refractivity contribution in [1.82, 2.24) is 15.1 Å². The predicted molar refractivity (Wildman–Crippen MR) is 148 cm³/mol. The summed E-state index contributed by atoms with van der Waals surface area (Å²) in [4.78, 5) is 42.2. The van der Waals surface area contributed by atoms with E-state index in [2.05, 4.69) is 10.4 Å². The fourth-order valence-corrected chi connectivity index (χ4v) is 5.19. The number of halogens is 4. The lowest BCUT2D eigenvalue weighted by Gasteiger charge is -2.38. The summed E-state index contributed by atoms with van der Waals surface area (Å²) in [6.45, 7) is 3.44. The number of anilines is 1. The van der Waals surface area contributed by atoms with E-state index in [0.29, 0.717) is 17.3 Å². The zero-order chi connectivity index (χ0) is 30.9. The lowest BCUT2D eigenvalue weighted by Crippen LogP contribution is -2.55. The quantitative estimate of drug-likeness (QED) is 0.225. The average Bonchev–Trinajstić information content (AvgIpc) is 3.38. The van der Waals surface area contributed by atoms with Crippen LogP contribution in [0.5, 0.6) is 0 Å². The third-order valence-corrected chi connectivity index (χ3v) is 7.08. The minimum Gasteiger partial charge on any atom is -0.461 e. The zero-order valence-corrected chi connectivity index (χ0v) is 23.1. The van der Waals surface area contributed by atoms with Gasteiger partial charge in [0.15, 0.2) is 5.69 Å². The van der Waals surface area contributed by atoms with E-state index in [4.69, 9.17) is 4.74 Å². The lowest BCUT2D eigenvalue weighted by atomic mass is 9.80. The van der Waals surface area contributed by atoms with E-state index in [1.165, 1.54) is 39.9 Å². The fraction of sp³-hybridized carbons (Fsp3) is 0.226. The number of benzene rings is 3. The van der Waals surface area contributed by atoms with Crippen molar-refractivity contribution in [3.8, 4) is 5.69 Å². The van der Waals surface area contributed by atoms with Crippen LogP contribution in [0.2, 0.25) is 0 Å². The van der Waals surface area contributed by atoms with Crippen molar-refractivity contribution >= 4 is 23.6 Å². The van der Waals surface area contributed by atoms with Crippen LogP contribution >= 0.6 is 0 Å². The summed E-state index contributed by atoms with van der Waals surface area (Å²) in [5, 5.41) is 7.15. The minimum absolute atomic E-state index is 0.0269. The highest BCUT2D eigenvalue weighted by Crippen LogP contribution is 2.44. The molecule has 0 radical (unpaired) electrons. The third-order valence-electron chi connectivity index (χ3n) is 7.08. The monoisotopic (exact) mass is 594 g/mol. The first-order valence-electron chi connectivity index (χ1n) is 13.5. The molecule has 8 nitrogen and oxygen atoms in total. The molecule has 1 N–H and O–H groups in total. The molecule has 1 aromatic heterocycles. The first-order valence-corrected chi connectivity index (χ1v) is 13.5. The van der Waals surface area contributed by atoms with E-state index in [1.807, 2.05) is 0 Å². The fourth-order valence-electron chi connectivity index (χ4n) is 5.19. The van der Waals surface area contributed by atoms with Gasteiger partial charge in [-0.15, -0.1) is 0 Å². The van der Waals surface area contributed by atoms with Crippen LogP contribution in [0.25, 0.3) is 5.69 Å². The number of nitrogens with one attached hydrogen (secondary N) is 1. The summed E-state index contributed by atoms with van der Waals surface area (Å²) in [6.07, 6.45) is -4.69. The number of esters is 1. The van der Waals surface area contributed by atoms with Crippen molar-refractivity contribution in [3.63, 3.8) is 0 Å². The Morgan fingerprint density at radius 1 is 0.977 bits per heavy atom. The number of likely N-dealkylation sites (N-methyl/N-ethyl adjacent to an activating group) is 1. The number of rotatable bonds is 7. The molecular formula is C31H26F4N4O4. The molecule has 12 heteroatoms. The van der Waals surface area contributed by atoms with Crippen LogP contribution in [-0.2, 0) is 15.7 Å². The Bertz CT molecular complexity index is 1670. The number of para-hydroxylation sites is 1. The maximum Gasteiger partial charge on any atom is 0.416 e. The van der Waals surface area contributed by atoms with E-state index in [-0.39, 0.29) is 35.8 Å². The Morgan fingerprint density at radius 2 is 1.67 bits per heavy atom. The Labute approximate surface area is 243 Å². The smallest absolute Gasteiger partial charge is 0.416 e. The molecule has 1 aliphatic heterocycles. The van der Waals surface area contributed by atoms with Gasteiger partial charge in [-0.05, 0) is 61.9 Å². The Hall–Kier alpha value is -5.00. The molecule has 222 valence electrons. The topological polar surface area (TPSA) is 93.5 Å². The average molecular weight is 595 g/mol. The number of alkyl halides is 3. The van der Waals surface area contributed by atoms with Crippen LogP contribution in [0, 0.1) is 5.82 Å². The van der Waals surface area contributed by atoms with Gasteiger partial charge in [0, 0.05) is 23.6 Å². The van der Waals surface area contributed by atoms with Crippen LogP contribution in [-0.4, -0.2) is 46.8 Å². The van der Waals surface area contributed by atoms with E-state index in [1.54, 1.807) is 44.2 Å². The highest BCUT2D eigenvalue weighted by molar-refractivity contribution is 6.07. The van der Waals surface area contributed by atoms with Crippen molar-refractivity contribution in [1.29, 1.82) is 0 Å². The molecule has 0 spiro atoms. The van der Waals surface area contributed by atoms with Gasteiger partial charge in [0.2, 0.25) is 0 Å². The van der Waals surface area contributed by atoms with Gasteiger partial charge < -0.3 is 10.1 Å². The summed E-state index contributed by atoms with van der Waals surface area (Å²) < 4.78 is 60.9. The number of hydrogen-bond acceptors (Lipinski definition) is 5. The molecule has 0 saturated heterocycles. The first-order chi connectivity index (χ1) is 20.5. The van der Waals surface area contributed by atoms with Gasteiger partial charge in [-0.3, -0.25) is 14.5 Å². The third kappa shape index (κ3) is 5.60. The molecule has 0 unspecified atom stereocenters. The van der Waals surface area contributed by atoms with Crippen LogP contribution in [0.4, 0.5) is 23.4 Å². The molecule has 0 aliphatic carbocycles. The molecule has 2 amide bonds. The standard InChI is InChI=1S/C31H26F4N4O4/c1-3-38-28-24(26(30(42)43-4-2)37-39(28)22-11-6-5-7-12-22)23(18-13-15-21(32)16-14-18)25(29(38)41)36-27(40)19-9-8-10-20(17-19)31(33,34)35/h5-17,23,25H,3-4H2,1-2H3,(H,36,40)/t23-,25-/m1/s1. The summed E-state index contributed by atoms with van der Waals surface area (Å²) in [5.74, 6) is -3.72. The Kier molecular flexibility index (Phi) is 8.03. The molecule has 0 saturated carbocycles. The van der Waals surface area contributed by atoms with Gasteiger partial charge in [0.05, 0.1) is 17.9 Å². The number of nitrogens with zero attached hydrogens (tertiary/aromatic N) is 3. The summed E-state index contributed by atoms with van der Waals surface area (Å²) >= 11 is 0. The normalized spacial score (nSPS) is 16.5. The Morgan fingerprint density at radius 3 is 2.30 bits per heavy atom. The maximum absolute atomic E-state index is 14.2. The number of amides is 2. The number of aromatic nitrogens is 2. The van der Waals surface area contributed by atoms with Crippen molar-refractivity contribution in [2.24, 2.45) is 0 Å². The molecule has 0 bridgehead atoms. The largest absolute Gasteiger partial charge is 0.461 e. The van der Waals surface area contributed by atoms with Gasteiger partial charge in [0.25, 0.3) is 11.8 Å². The van der Waals surface area contributed by atoms with Gasteiger partial charge >= 0.3 is 12.1 Å². The van der Waals surface area contributed by atoms with Crippen LogP contribution in [0.1, 0.15) is 57.3 Å². The molecule has 4 aromatic rings. The van der Waals surface area contributed by atoms with Gasteiger partial charge in [0.1, 0.15) is 17.7 Å². The number of fused-ring (bicyclic) bond motifs is 1. The van der Waals surface area contributed by atoms with Crippen molar-refractivity contribution in [2.45, 2.75) is 32.0 Å². The first kappa shape index (κ1) is 29.5. The summed E-state index contributed by atoms with van der Waals surface area (Å²) in [6, 6.07) is 16.3. The van der Waals surface area contributed by atoms with Crippen molar-refractivity contribution in [3.05, 3.63) is 113 Å². The zero-order valence-electron chi connectivity index (χ0n) is 23.1. The molecule has 43 heavy (non-hydrogen) atoms. The number of carbonyl (C=O) groups excluding carboxylic acids is 3.